The predicted octanol–water partition coefficient (Wildman–Crippen LogP) is 2.69. The summed E-state index contributed by atoms with van der Waals surface area (Å²) in [5, 5.41) is 6.77. The molecule has 0 aliphatic rings. The van der Waals surface area contributed by atoms with Crippen LogP contribution in [0.3, 0.4) is 0 Å². The van der Waals surface area contributed by atoms with Crippen molar-refractivity contribution in [1.82, 2.24) is 14.7 Å². The molecule has 0 aliphatic carbocycles. The molecule has 1 aromatic carbocycles. The number of rotatable bonds is 6. The molecule has 3 aromatic rings. The first kappa shape index (κ1) is 17.7. The molecule has 8 nitrogen and oxygen atoms in total. The Balaban J connectivity index is 1.70. The van der Waals surface area contributed by atoms with Crippen LogP contribution in [0.25, 0.3) is 5.69 Å². The molecule has 0 fully saturated rings. The van der Waals surface area contributed by atoms with Crippen LogP contribution in [0.5, 0.6) is 0 Å². The minimum Gasteiger partial charge on any atom is -0.451 e. The zero-order valence-corrected chi connectivity index (χ0v) is 14.9. The molecule has 1 amide bonds. The first-order chi connectivity index (χ1) is 12.6. The van der Waals surface area contributed by atoms with Crippen molar-refractivity contribution in [3.63, 3.8) is 0 Å². The molecule has 9 heteroatoms. The highest BCUT2D eigenvalue weighted by Gasteiger charge is 2.20. The van der Waals surface area contributed by atoms with Crippen LogP contribution in [-0.4, -0.2) is 39.4 Å². The van der Waals surface area contributed by atoms with E-state index in [1.165, 1.54) is 18.0 Å². The van der Waals surface area contributed by atoms with Crippen LogP contribution >= 0.6 is 11.8 Å². The maximum Gasteiger partial charge on any atom is 0.357 e. The van der Waals surface area contributed by atoms with Gasteiger partial charge in [-0.25, -0.2) is 9.78 Å². The molecule has 0 aliphatic heterocycles. The van der Waals surface area contributed by atoms with Gasteiger partial charge < -0.3 is 14.6 Å². The van der Waals surface area contributed by atoms with E-state index in [-0.39, 0.29) is 11.5 Å². The molecule has 0 spiro atoms. The van der Waals surface area contributed by atoms with Crippen LogP contribution in [-0.2, 0) is 9.53 Å². The van der Waals surface area contributed by atoms with Crippen LogP contribution in [0.15, 0.2) is 52.3 Å². The number of nitrogens with zero attached hydrogens (tertiary/aromatic N) is 3. The number of ether oxygens (including phenoxy) is 1. The summed E-state index contributed by atoms with van der Waals surface area (Å²) in [7, 11) is 0. The third-order valence-corrected chi connectivity index (χ3v) is 4.02. The average molecular weight is 372 g/mol. The fraction of sp³-hybridized carbons (Fsp3) is 0.176. The molecule has 0 saturated carbocycles. The number of thioether (sulfide) groups is 1. The molecule has 26 heavy (non-hydrogen) atoms. The van der Waals surface area contributed by atoms with Gasteiger partial charge in [0.25, 0.3) is 5.91 Å². The van der Waals surface area contributed by atoms with Gasteiger partial charge in [0.05, 0.1) is 6.20 Å². The van der Waals surface area contributed by atoms with E-state index in [0.717, 1.165) is 5.69 Å². The smallest absolute Gasteiger partial charge is 0.357 e. The van der Waals surface area contributed by atoms with Gasteiger partial charge in [0, 0.05) is 11.8 Å². The number of esters is 1. The summed E-state index contributed by atoms with van der Waals surface area (Å²) in [4.78, 5) is 28.5. The van der Waals surface area contributed by atoms with Gasteiger partial charge in [-0.2, -0.15) is 0 Å². The van der Waals surface area contributed by atoms with Gasteiger partial charge in [-0.3, -0.25) is 9.36 Å². The Kier molecular flexibility index (Phi) is 5.37. The number of carbonyl (C=O) groups excluding carboxylic acids is 2. The van der Waals surface area contributed by atoms with Gasteiger partial charge in [-0.1, -0.05) is 35.1 Å². The Morgan fingerprint density at radius 1 is 1.31 bits per heavy atom. The zero-order chi connectivity index (χ0) is 18.5. The number of anilines is 1. The fourth-order valence-electron chi connectivity index (χ4n) is 2.26. The molecule has 0 unspecified atom stereocenters. The third kappa shape index (κ3) is 3.94. The van der Waals surface area contributed by atoms with Crippen LogP contribution in [0.4, 0.5) is 5.82 Å². The summed E-state index contributed by atoms with van der Waals surface area (Å²) in [6, 6.07) is 10.9. The second-order valence-electron chi connectivity index (χ2n) is 5.25. The molecule has 1 N–H and O–H groups in total. The lowest BCUT2D eigenvalue weighted by Gasteiger charge is -2.10. The van der Waals surface area contributed by atoms with Gasteiger partial charge in [0.15, 0.2) is 23.3 Å². The maximum atomic E-state index is 12.4. The highest BCUT2D eigenvalue weighted by molar-refractivity contribution is 7.98. The number of hydrogen-bond donors (Lipinski definition) is 1. The summed E-state index contributed by atoms with van der Waals surface area (Å²) in [5.74, 6) is -0.327. The molecule has 0 atom stereocenters. The normalized spacial score (nSPS) is 10.5. The molecule has 3 rings (SSSR count). The second kappa shape index (κ2) is 7.87. The average Bonchev–Trinajstić information content (AvgIpc) is 3.26. The number of benzene rings is 1. The lowest BCUT2D eigenvalue weighted by molar-refractivity contribution is -0.119. The molecule has 134 valence electrons. The Morgan fingerprint density at radius 3 is 2.73 bits per heavy atom. The maximum absolute atomic E-state index is 12.4. The standard InChI is InChI=1S/C17H16N4O4S/c1-11-8-14(20-25-11)19-15(22)10-24-16(23)13-9-18-17(26-2)21(13)12-6-4-3-5-7-12/h3-9H,10H2,1-2H3,(H,19,20,22). The lowest BCUT2D eigenvalue weighted by Crippen LogP contribution is -2.22. The summed E-state index contributed by atoms with van der Waals surface area (Å²) in [5.41, 5.74) is 1.02. The van der Waals surface area contributed by atoms with Gasteiger partial charge in [0.1, 0.15) is 5.76 Å². The lowest BCUT2D eigenvalue weighted by atomic mass is 10.3. The number of carbonyl (C=O) groups is 2. The van der Waals surface area contributed by atoms with Crippen LogP contribution < -0.4 is 5.32 Å². The van der Waals surface area contributed by atoms with E-state index < -0.39 is 18.5 Å². The zero-order valence-electron chi connectivity index (χ0n) is 14.1. The molecule has 0 radical (unpaired) electrons. The van der Waals surface area contributed by atoms with Crippen molar-refractivity contribution in [3.05, 3.63) is 54.0 Å². The van der Waals surface area contributed by atoms with E-state index in [1.54, 1.807) is 17.6 Å². The van der Waals surface area contributed by atoms with Crippen molar-refractivity contribution in [1.29, 1.82) is 0 Å². The monoisotopic (exact) mass is 372 g/mol. The first-order valence-corrected chi connectivity index (χ1v) is 8.88. The third-order valence-electron chi connectivity index (χ3n) is 3.37. The second-order valence-corrected chi connectivity index (χ2v) is 6.02. The predicted molar refractivity (Wildman–Crippen MR) is 95.5 cm³/mol. The van der Waals surface area contributed by atoms with Crippen molar-refractivity contribution in [2.24, 2.45) is 0 Å². The molecule has 2 heterocycles. The fourth-order valence-corrected chi connectivity index (χ4v) is 2.80. The number of hydrogen-bond acceptors (Lipinski definition) is 7. The van der Waals surface area contributed by atoms with E-state index in [0.29, 0.717) is 10.9 Å². The largest absolute Gasteiger partial charge is 0.451 e. The summed E-state index contributed by atoms with van der Waals surface area (Å²) >= 11 is 1.40. The first-order valence-electron chi connectivity index (χ1n) is 7.66. The minimum absolute atomic E-state index is 0.241. The van der Waals surface area contributed by atoms with Gasteiger partial charge in [0.2, 0.25) is 0 Å². The summed E-state index contributed by atoms with van der Waals surface area (Å²) in [6.45, 7) is 1.26. The van der Waals surface area contributed by atoms with Crippen molar-refractivity contribution in [3.8, 4) is 5.69 Å². The molecule has 0 bridgehead atoms. The quantitative estimate of drug-likeness (QED) is 0.524. The van der Waals surface area contributed by atoms with Crippen LogP contribution in [0.2, 0.25) is 0 Å². The highest BCUT2D eigenvalue weighted by atomic mass is 32.2. The number of amides is 1. The molecular weight excluding hydrogens is 356 g/mol. The van der Waals surface area contributed by atoms with E-state index in [9.17, 15) is 9.59 Å². The van der Waals surface area contributed by atoms with E-state index in [1.807, 2.05) is 36.6 Å². The number of aromatic nitrogens is 3. The van der Waals surface area contributed by atoms with Crippen molar-refractivity contribution < 1.29 is 18.8 Å². The van der Waals surface area contributed by atoms with Crippen molar-refractivity contribution in [2.45, 2.75) is 12.1 Å². The Hall–Kier alpha value is -3.07. The Labute approximate surface area is 153 Å². The summed E-state index contributed by atoms with van der Waals surface area (Å²) in [6.07, 6.45) is 3.30. The minimum atomic E-state index is -0.645. The number of para-hydroxylation sites is 1. The molecular formula is C17H16N4O4S. The molecule has 0 saturated heterocycles. The summed E-state index contributed by atoms with van der Waals surface area (Å²) < 4.78 is 11.6. The van der Waals surface area contributed by atoms with Crippen LogP contribution in [0.1, 0.15) is 16.2 Å². The number of imidazole rings is 1. The van der Waals surface area contributed by atoms with Gasteiger partial charge in [-0.05, 0) is 25.3 Å². The van der Waals surface area contributed by atoms with E-state index >= 15 is 0 Å². The van der Waals surface area contributed by atoms with Crippen molar-refractivity contribution >= 4 is 29.5 Å². The topological polar surface area (TPSA) is 99.2 Å². The van der Waals surface area contributed by atoms with Crippen molar-refractivity contribution in [2.75, 3.05) is 18.2 Å². The number of nitrogens with one attached hydrogen (secondary N) is 1. The Bertz CT molecular complexity index is 920. The van der Waals surface area contributed by atoms with Gasteiger partial charge in [-0.15, -0.1) is 0 Å². The Morgan fingerprint density at radius 2 is 2.08 bits per heavy atom. The van der Waals surface area contributed by atoms with Gasteiger partial charge >= 0.3 is 5.97 Å². The van der Waals surface area contributed by atoms with Crippen LogP contribution in [0, 0.1) is 6.92 Å². The molecule has 2 aromatic heterocycles. The van der Waals surface area contributed by atoms with E-state index in [4.69, 9.17) is 9.26 Å². The van der Waals surface area contributed by atoms with E-state index in [2.05, 4.69) is 15.5 Å². The SMILES string of the molecule is CSc1ncc(C(=O)OCC(=O)Nc2cc(C)on2)n1-c1ccccc1. The highest BCUT2D eigenvalue weighted by Crippen LogP contribution is 2.22. The number of aryl methyl sites for hydroxylation is 1.